The largest absolute Gasteiger partial charge is 0.394 e. The van der Waals surface area contributed by atoms with Crippen LogP contribution in [0.5, 0.6) is 0 Å². The maximum absolute atomic E-state index is 13.8. The predicted molar refractivity (Wildman–Crippen MR) is 137 cm³/mol. The van der Waals surface area contributed by atoms with Crippen LogP contribution in [0.2, 0.25) is 10.0 Å². The third kappa shape index (κ3) is 3.52. The molecule has 2 aliphatic rings. The fourth-order valence-electron chi connectivity index (χ4n) is 4.73. The van der Waals surface area contributed by atoms with E-state index in [1.165, 1.54) is 11.3 Å². The highest BCUT2D eigenvalue weighted by Gasteiger charge is 2.59. The van der Waals surface area contributed by atoms with Crippen LogP contribution < -0.4 is 5.32 Å². The smallest absolute Gasteiger partial charge is 0.258 e. The summed E-state index contributed by atoms with van der Waals surface area (Å²) in [4.78, 5) is 26.0. The van der Waals surface area contributed by atoms with Gasteiger partial charge in [-0.2, -0.15) is 5.10 Å². The lowest BCUT2D eigenvalue weighted by Crippen LogP contribution is -2.58. The van der Waals surface area contributed by atoms with Crippen molar-refractivity contribution in [3.8, 4) is 10.6 Å². The Kier molecular flexibility index (Phi) is 5.73. The SMILES string of the molecule is Cn1nccc1Nc1nccc(-c2sc3c(c2Cl)C(=O)N([C@H](CO)c2cccc(Cl)c2)C32COC2)n1. The number of halogens is 2. The molecule has 36 heavy (non-hydrogen) atoms. The van der Waals surface area contributed by atoms with Gasteiger partial charge in [0.15, 0.2) is 0 Å². The Hall–Kier alpha value is -3.02. The second kappa shape index (κ2) is 8.82. The van der Waals surface area contributed by atoms with Crippen LogP contribution in [-0.4, -0.2) is 55.5 Å². The number of aliphatic hydroxyl groups excluding tert-OH is 1. The number of amides is 1. The van der Waals surface area contributed by atoms with E-state index in [9.17, 15) is 9.90 Å². The standard InChI is InChI=1S/C24H20Cl2N6O3S/c1-31-17(6-8-28-31)30-23-27-7-5-15(29-23)20-19(26)18-21(36-20)24(11-35-12-24)32(22(18)34)16(10-33)13-3-2-4-14(25)9-13/h2-9,16,33H,10-12H2,1H3,(H,27,29,30)/t16-/m1/s1. The second-order valence-corrected chi connectivity index (χ2v) is 10.5. The highest BCUT2D eigenvalue weighted by Crippen LogP contribution is 2.56. The van der Waals surface area contributed by atoms with Gasteiger partial charge in [-0.1, -0.05) is 35.3 Å². The molecule has 3 aromatic heterocycles. The molecular formula is C24H20Cl2N6O3S. The minimum Gasteiger partial charge on any atom is -0.394 e. The number of thiophene rings is 1. The Morgan fingerprint density at radius 1 is 1.25 bits per heavy atom. The van der Waals surface area contributed by atoms with Gasteiger partial charge in [-0.3, -0.25) is 9.48 Å². The Morgan fingerprint density at radius 2 is 2.08 bits per heavy atom. The minimum absolute atomic E-state index is 0.248. The Bertz CT molecular complexity index is 1480. The van der Waals surface area contributed by atoms with E-state index in [1.54, 1.807) is 46.2 Å². The lowest BCUT2D eigenvalue weighted by atomic mass is 9.92. The average Bonchev–Trinajstić information content (AvgIpc) is 3.48. The molecule has 184 valence electrons. The van der Waals surface area contributed by atoms with Crippen molar-refractivity contribution in [3.63, 3.8) is 0 Å². The molecule has 4 aromatic rings. The molecule has 0 bridgehead atoms. The van der Waals surface area contributed by atoms with Crippen molar-refractivity contribution in [2.75, 3.05) is 25.1 Å². The molecule has 0 saturated carbocycles. The third-order valence-electron chi connectivity index (χ3n) is 6.52. The van der Waals surface area contributed by atoms with Crippen molar-refractivity contribution in [1.82, 2.24) is 24.6 Å². The molecule has 9 nitrogen and oxygen atoms in total. The first kappa shape index (κ1) is 23.4. The molecule has 1 saturated heterocycles. The highest BCUT2D eigenvalue weighted by atomic mass is 35.5. The molecule has 6 rings (SSSR count). The number of ether oxygens (including phenoxy) is 1. The van der Waals surface area contributed by atoms with Gasteiger partial charge in [-0.05, 0) is 23.8 Å². The van der Waals surface area contributed by atoms with Crippen LogP contribution in [-0.2, 0) is 17.3 Å². The number of fused-ring (bicyclic) bond motifs is 2. The number of aliphatic hydroxyl groups is 1. The van der Waals surface area contributed by atoms with E-state index in [2.05, 4.69) is 20.4 Å². The number of nitrogens with one attached hydrogen (secondary N) is 1. The summed E-state index contributed by atoms with van der Waals surface area (Å²) in [7, 11) is 1.81. The third-order valence-corrected chi connectivity index (χ3v) is 8.65. The summed E-state index contributed by atoms with van der Waals surface area (Å²) < 4.78 is 7.29. The van der Waals surface area contributed by atoms with Crippen LogP contribution in [0.3, 0.4) is 0 Å². The molecule has 0 radical (unpaired) electrons. The first-order chi connectivity index (χ1) is 17.4. The van der Waals surface area contributed by atoms with Crippen LogP contribution in [0, 0.1) is 0 Å². The van der Waals surface area contributed by atoms with Crippen molar-refractivity contribution in [2.24, 2.45) is 7.05 Å². The number of carbonyl (C=O) groups excluding carboxylic acids is 1. The van der Waals surface area contributed by atoms with E-state index in [-0.39, 0.29) is 12.5 Å². The van der Waals surface area contributed by atoms with Gasteiger partial charge >= 0.3 is 0 Å². The molecule has 1 aromatic carbocycles. The summed E-state index contributed by atoms with van der Waals surface area (Å²) in [5, 5.41) is 18.5. The monoisotopic (exact) mass is 542 g/mol. The molecule has 1 atom stereocenters. The Morgan fingerprint density at radius 3 is 2.75 bits per heavy atom. The number of anilines is 2. The summed E-state index contributed by atoms with van der Waals surface area (Å²) in [5.41, 5.74) is 1.07. The van der Waals surface area contributed by atoms with Gasteiger partial charge in [0.05, 0.1) is 58.1 Å². The van der Waals surface area contributed by atoms with Crippen molar-refractivity contribution in [2.45, 2.75) is 11.6 Å². The van der Waals surface area contributed by atoms with Gasteiger partial charge in [0.25, 0.3) is 5.91 Å². The Labute approximate surface area is 220 Å². The van der Waals surface area contributed by atoms with Crippen LogP contribution in [0.25, 0.3) is 10.6 Å². The van der Waals surface area contributed by atoms with Crippen molar-refractivity contribution >= 4 is 52.2 Å². The van der Waals surface area contributed by atoms with Gasteiger partial charge in [0.1, 0.15) is 11.4 Å². The van der Waals surface area contributed by atoms with E-state index in [0.29, 0.717) is 45.3 Å². The molecule has 1 spiro atoms. The van der Waals surface area contributed by atoms with Crippen molar-refractivity contribution in [3.05, 3.63) is 74.8 Å². The fourth-order valence-corrected chi connectivity index (χ4v) is 6.68. The maximum atomic E-state index is 13.8. The summed E-state index contributed by atoms with van der Waals surface area (Å²) in [5.74, 6) is 0.873. The summed E-state index contributed by atoms with van der Waals surface area (Å²) in [6.07, 6.45) is 3.31. The zero-order valence-corrected chi connectivity index (χ0v) is 21.3. The van der Waals surface area contributed by atoms with E-state index in [1.807, 2.05) is 19.2 Å². The van der Waals surface area contributed by atoms with Crippen LogP contribution >= 0.6 is 34.5 Å². The maximum Gasteiger partial charge on any atom is 0.258 e. The summed E-state index contributed by atoms with van der Waals surface area (Å²) >= 11 is 14.5. The molecule has 0 aliphatic carbocycles. The van der Waals surface area contributed by atoms with Gasteiger partial charge < -0.3 is 20.1 Å². The van der Waals surface area contributed by atoms with Crippen molar-refractivity contribution < 1.29 is 14.6 Å². The lowest BCUT2D eigenvalue weighted by Gasteiger charge is -2.48. The molecule has 2 N–H and O–H groups in total. The van der Waals surface area contributed by atoms with E-state index >= 15 is 0 Å². The second-order valence-electron chi connectivity index (χ2n) is 8.63. The molecular weight excluding hydrogens is 523 g/mol. The van der Waals surface area contributed by atoms with Gasteiger partial charge in [0.2, 0.25) is 5.95 Å². The number of carbonyl (C=O) groups is 1. The predicted octanol–water partition coefficient (Wildman–Crippen LogP) is 4.40. The van der Waals surface area contributed by atoms with Crippen molar-refractivity contribution in [1.29, 1.82) is 0 Å². The first-order valence-corrected chi connectivity index (χ1v) is 12.7. The van der Waals surface area contributed by atoms with Gasteiger partial charge in [-0.15, -0.1) is 11.3 Å². The van der Waals surface area contributed by atoms with E-state index in [4.69, 9.17) is 27.9 Å². The number of aryl methyl sites for hydroxylation is 1. The first-order valence-electron chi connectivity index (χ1n) is 11.1. The number of benzene rings is 1. The normalized spacial score (nSPS) is 16.8. The van der Waals surface area contributed by atoms with Crippen LogP contribution in [0.15, 0.2) is 48.8 Å². The van der Waals surface area contributed by atoms with Crippen LogP contribution in [0.1, 0.15) is 26.8 Å². The highest BCUT2D eigenvalue weighted by molar-refractivity contribution is 7.17. The molecule has 1 amide bonds. The molecule has 1 fully saturated rings. The van der Waals surface area contributed by atoms with E-state index in [0.717, 1.165) is 16.3 Å². The average molecular weight is 543 g/mol. The number of nitrogens with zero attached hydrogens (tertiary/aromatic N) is 5. The van der Waals surface area contributed by atoms with Gasteiger partial charge in [0, 0.05) is 24.3 Å². The lowest BCUT2D eigenvalue weighted by molar-refractivity contribution is -0.139. The number of rotatable bonds is 6. The number of aromatic nitrogens is 4. The Balaban J connectivity index is 1.39. The summed E-state index contributed by atoms with van der Waals surface area (Å²) in [6.45, 7) is 0.370. The topological polar surface area (TPSA) is 105 Å². The molecule has 5 heterocycles. The van der Waals surface area contributed by atoms with E-state index < -0.39 is 11.6 Å². The summed E-state index contributed by atoms with van der Waals surface area (Å²) in [6, 6.07) is 10.2. The van der Waals surface area contributed by atoms with Crippen LogP contribution in [0.4, 0.5) is 11.8 Å². The quantitative estimate of drug-likeness (QED) is 0.371. The number of hydrogen-bond donors (Lipinski definition) is 2. The molecule has 0 unspecified atom stereocenters. The minimum atomic E-state index is -0.711. The molecule has 2 aliphatic heterocycles. The molecule has 12 heteroatoms. The fraction of sp³-hybridized carbons (Fsp3) is 0.250. The van der Waals surface area contributed by atoms with Gasteiger partial charge in [-0.25, -0.2) is 9.97 Å². The number of hydrogen-bond acceptors (Lipinski definition) is 8. The zero-order chi connectivity index (χ0) is 25.0. The zero-order valence-electron chi connectivity index (χ0n) is 19.0.